The van der Waals surface area contributed by atoms with Crippen molar-refractivity contribution in [3.63, 3.8) is 0 Å². The molecule has 4 nitrogen and oxygen atoms in total. The van der Waals surface area contributed by atoms with Crippen LogP contribution in [-0.2, 0) is 9.59 Å². The first-order chi connectivity index (χ1) is 10.4. The van der Waals surface area contributed by atoms with Crippen LogP contribution in [0.4, 0.5) is 5.69 Å². The van der Waals surface area contributed by atoms with Crippen LogP contribution in [0.25, 0.3) is 0 Å². The van der Waals surface area contributed by atoms with E-state index < -0.39 is 17.8 Å². The summed E-state index contributed by atoms with van der Waals surface area (Å²) in [6.45, 7) is 0. The maximum Gasteiger partial charge on any atom is 0.307 e. The van der Waals surface area contributed by atoms with Gasteiger partial charge in [0.2, 0.25) is 5.91 Å². The predicted octanol–water partition coefficient (Wildman–Crippen LogP) is 3.77. The SMILES string of the molecule is O=C(Nc1cccc(Cl)c1)[C@@H]1[C@H]2C[C@H]([C@H](Br)[C@@H]2Br)[C@@H]1C(=O)O. The molecule has 1 aromatic rings. The molecule has 2 bridgehead atoms. The lowest BCUT2D eigenvalue weighted by Gasteiger charge is -2.33. The van der Waals surface area contributed by atoms with Gasteiger partial charge in [-0.1, -0.05) is 49.5 Å². The highest BCUT2D eigenvalue weighted by atomic mass is 79.9. The number of anilines is 1. The molecule has 0 aliphatic heterocycles. The quantitative estimate of drug-likeness (QED) is 0.688. The molecule has 0 unspecified atom stereocenters. The molecule has 0 heterocycles. The number of amides is 1. The summed E-state index contributed by atoms with van der Waals surface area (Å²) < 4.78 is 0. The minimum atomic E-state index is -0.900. The van der Waals surface area contributed by atoms with Crippen LogP contribution >= 0.6 is 43.5 Å². The van der Waals surface area contributed by atoms with Gasteiger partial charge >= 0.3 is 5.97 Å². The second-order valence-electron chi connectivity index (χ2n) is 5.84. The van der Waals surface area contributed by atoms with Crippen LogP contribution in [0.3, 0.4) is 0 Å². The fourth-order valence-corrected chi connectivity index (χ4v) is 5.82. The molecule has 2 aliphatic carbocycles. The van der Waals surface area contributed by atoms with Gasteiger partial charge in [-0.2, -0.15) is 0 Å². The Morgan fingerprint density at radius 3 is 2.41 bits per heavy atom. The van der Waals surface area contributed by atoms with Crippen molar-refractivity contribution in [1.82, 2.24) is 0 Å². The van der Waals surface area contributed by atoms with Crippen LogP contribution in [0.1, 0.15) is 6.42 Å². The van der Waals surface area contributed by atoms with Crippen molar-refractivity contribution in [2.45, 2.75) is 16.1 Å². The molecule has 118 valence electrons. The normalized spacial score (nSPS) is 36.3. The van der Waals surface area contributed by atoms with Crippen LogP contribution in [0.15, 0.2) is 24.3 Å². The molecule has 22 heavy (non-hydrogen) atoms. The van der Waals surface area contributed by atoms with Crippen LogP contribution in [0.5, 0.6) is 0 Å². The smallest absolute Gasteiger partial charge is 0.307 e. The Balaban J connectivity index is 1.83. The first kappa shape index (κ1) is 16.3. The summed E-state index contributed by atoms with van der Waals surface area (Å²) in [6, 6.07) is 6.86. The van der Waals surface area contributed by atoms with Crippen LogP contribution in [0, 0.1) is 23.7 Å². The number of carboxylic acid groups (broad SMARTS) is 1. The number of rotatable bonds is 3. The molecule has 1 amide bonds. The molecular formula is C15H14Br2ClNO3. The Labute approximate surface area is 149 Å². The maximum absolute atomic E-state index is 12.6. The molecule has 6 atom stereocenters. The highest BCUT2D eigenvalue weighted by Crippen LogP contribution is 2.57. The lowest BCUT2D eigenvalue weighted by Crippen LogP contribution is -2.45. The van der Waals surface area contributed by atoms with E-state index in [0.29, 0.717) is 10.7 Å². The molecule has 0 aromatic heterocycles. The summed E-state index contributed by atoms with van der Waals surface area (Å²) in [5.41, 5.74) is 0.589. The second-order valence-corrected chi connectivity index (χ2v) is 8.39. The Morgan fingerprint density at radius 1 is 1.18 bits per heavy atom. The molecule has 7 heteroatoms. The molecule has 0 saturated heterocycles. The average molecular weight is 452 g/mol. The number of nitrogens with one attached hydrogen (secondary N) is 1. The number of hydrogen-bond acceptors (Lipinski definition) is 2. The second kappa shape index (κ2) is 6.13. The van der Waals surface area contributed by atoms with E-state index in [4.69, 9.17) is 11.6 Å². The largest absolute Gasteiger partial charge is 0.481 e. The van der Waals surface area contributed by atoms with Gasteiger partial charge in [-0.25, -0.2) is 0 Å². The lowest BCUT2D eigenvalue weighted by atomic mass is 9.78. The fraction of sp³-hybridized carbons (Fsp3) is 0.467. The van der Waals surface area contributed by atoms with E-state index in [1.807, 2.05) is 0 Å². The number of benzene rings is 1. The standard InChI is InChI=1S/C15H14Br2ClNO3/c16-12-8-5-9(13(12)17)11(15(21)22)10(8)14(20)19-7-3-1-2-6(18)4-7/h1-4,8-13H,5H2,(H,19,20)(H,21,22)/t8-,9+,10-,11+,12-,13+/m1/s1. The van der Waals surface area contributed by atoms with E-state index in [0.717, 1.165) is 6.42 Å². The zero-order chi connectivity index (χ0) is 16.0. The van der Waals surface area contributed by atoms with E-state index in [1.54, 1.807) is 24.3 Å². The van der Waals surface area contributed by atoms with Gasteiger partial charge in [0.1, 0.15) is 0 Å². The number of carbonyl (C=O) groups excluding carboxylic acids is 1. The van der Waals surface area contributed by atoms with Crippen LogP contribution in [0.2, 0.25) is 5.02 Å². The Kier molecular flexibility index (Phi) is 4.54. The van der Waals surface area contributed by atoms with E-state index in [2.05, 4.69) is 37.2 Å². The number of halogens is 3. The summed E-state index contributed by atoms with van der Waals surface area (Å²) in [4.78, 5) is 24.5. The minimum absolute atomic E-state index is 0.0228. The van der Waals surface area contributed by atoms with Crippen molar-refractivity contribution >= 4 is 61.0 Å². The number of aliphatic carboxylic acids is 1. The predicted molar refractivity (Wildman–Crippen MR) is 91.7 cm³/mol. The lowest BCUT2D eigenvalue weighted by molar-refractivity contribution is -0.148. The van der Waals surface area contributed by atoms with Gasteiger partial charge in [0.25, 0.3) is 0 Å². The van der Waals surface area contributed by atoms with Crippen molar-refractivity contribution in [2.24, 2.45) is 23.7 Å². The van der Waals surface area contributed by atoms with Gasteiger partial charge in [0, 0.05) is 20.4 Å². The third kappa shape index (κ3) is 2.69. The summed E-state index contributed by atoms with van der Waals surface area (Å²) in [5, 5.41) is 12.9. The van der Waals surface area contributed by atoms with Gasteiger partial charge in [-0.3, -0.25) is 9.59 Å². The summed E-state index contributed by atoms with van der Waals surface area (Å²) in [5.74, 6) is -2.33. The van der Waals surface area contributed by atoms with Crippen molar-refractivity contribution in [3.05, 3.63) is 29.3 Å². The Hall–Kier alpha value is -0.590. The molecule has 2 fully saturated rings. The van der Waals surface area contributed by atoms with Crippen molar-refractivity contribution < 1.29 is 14.7 Å². The van der Waals surface area contributed by atoms with Gasteiger partial charge in [0.05, 0.1) is 11.8 Å². The summed E-state index contributed by atoms with van der Waals surface area (Å²) in [6.07, 6.45) is 0.746. The van der Waals surface area contributed by atoms with Crippen LogP contribution < -0.4 is 5.32 Å². The van der Waals surface area contributed by atoms with Gasteiger partial charge < -0.3 is 10.4 Å². The van der Waals surface area contributed by atoms with Crippen molar-refractivity contribution in [3.8, 4) is 0 Å². The highest BCUT2D eigenvalue weighted by molar-refractivity contribution is 9.12. The number of alkyl halides is 2. The molecule has 2 aliphatic rings. The summed E-state index contributed by atoms with van der Waals surface area (Å²) >= 11 is 13.1. The molecule has 0 spiro atoms. The number of fused-ring (bicyclic) bond motifs is 2. The first-order valence-electron chi connectivity index (χ1n) is 6.97. The Morgan fingerprint density at radius 2 is 1.82 bits per heavy atom. The van der Waals surface area contributed by atoms with E-state index in [9.17, 15) is 14.7 Å². The molecular weight excluding hydrogens is 437 g/mol. The monoisotopic (exact) mass is 449 g/mol. The third-order valence-electron chi connectivity index (χ3n) is 4.66. The van der Waals surface area contributed by atoms with Gasteiger partial charge in [-0.05, 0) is 36.5 Å². The average Bonchev–Trinajstić information content (AvgIpc) is 2.97. The number of hydrogen-bond donors (Lipinski definition) is 2. The topological polar surface area (TPSA) is 66.4 Å². The summed E-state index contributed by atoms with van der Waals surface area (Å²) in [7, 11) is 0. The zero-order valence-corrected chi connectivity index (χ0v) is 15.3. The van der Waals surface area contributed by atoms with E-state index in [1.165, 1.54) is 0 Å². The van der Waals surface area contributed by atoms with Crippen molar-refractivity contribution in [2.75, 3.05) is 5.32 Å². The molecule has 1 aromatic carbocycles. The van der Waals surface area contributed by atoms with Gasteiger partial charge in [-0.15, -0.1) is 0 Å². The maximum atomic E-state index is 12.6. The van der Waals surface area contributed by atoms with Crippen LogP contribution in [-0.4, -0.2) is 26.6 Å². The minimum Gasteiger partial charge on any atom is -0.481 e. The fourth-order valence-electron chi connectivity index (χ4n) is 3.75. The molecule has 0 radical (unpaired) electrons. The van der Waals surface area contributed by atoms with Crippen molar-refractivity contribution in [1.29, 1.82) is 0 Å². The first-order valence-corrected chi connectivity index (χ1v) is 9.18. The van der Waals surface area contributed by atoms with Gasteiger partial charge in [0.15, 0.2) is 0 Å². The molecule has 3 rings (SSSR count). The van der Waals surface area contributed by atoms with E-state index >= 15 is 0 Å². The highest BCUT2D eigenvalue weighted by Gasteiger charge is 2.61. The Bertz CT molecular complexity index is 627. The number of carboxylic acids is 1. The molecule has 2 N–H and O–H groups in total. The molecule has 2 saturated carbocycles. The third-order valence-corrected chi connectivity index (χ3v) is 8.10. The number of carbonyl (C=O) groups is 2. The zero-order valence-electron chi connectivity index (χ0n) is 11.4. The van der Waals surface area contributed by atoms with E-state index in [-0.39, 0.29) is 27.4 Å².